The summed E-state index contributed by atoms with van der Waals surface area (Å²) in [5.41, 5.74) is 6.87. The number of carbonyl (C=O) groups is 2. The van der Waals surface area contributed by atoms with Gasteiger partial charge in [-0.3, -0.25) is 14.6 Å². The second kappa shape index (κ2) is 5.45. The average molecular weight is 319 g/mol. The number of anilines is 1. The number of hydrogen-bond acceptors (Lipinski definition) is 6. The molecule has 2 aliphatic heterocycles. The minimum absolute atomic E-state index is 0.0700. The fourth-order valence-corrected chi connectivity index (χ4v) is 2.66. The first kappa shape index (κ1) is 15.7. The molecule has 3 rings (SSSR count). The molecule has 124 valence electrons. The molecule has 8 heteroatoms. The number of nitrogens with zero attached hydrogens (tertiary/aromatic N) is 4. The van der Waals surface area contributed by atoms with E-state index in [0.29, 0.717) is 32.0 Å². The van der Waals surface area contributed by atoms with Crippen molar-refractivity contribution in [2.24, 2.45) is 5.73 Å². The molecule has 0 bridgehead atoms. The van der Waals surface area contributed by atoms with Crippen LogP contribution in [-0.4, -0.2) is 45.1 Å². The third-order valence-electron chi connectivity index (χ3n) is 3.69. The van der Waals surface area contributed by atoms with E-state index in [1.165, 1.54) is 4.90 Å². The molecule has 1 aromatic heterocycles. The maximum atomic E-state index is 12.1. The number of carbonyl (C=O) groups excluding carboxylic acids is 2. The number of amides is 2. The van der Waals surface area contributed by atoms with E-state index in [0.717, 1.165) is 11.3 Å². The molecular formula is C15H21N5O3. The fraction of sp³-hybridized carbons (Fsp3) is 0.600. The van der Waals surface area contributed by atoms with Gasteiger partial charge < -0.3 is 10.5 Å². The van der Waals surface area contributed by atoms with Crippen LogP contribution in [0.2, 0.25) is 0 Å². The molecule has 2 amide bonds. The van der Waals surface area contributed by atoms with E-state index >= 15 is 0 Å². The van der Waals surface area contributed by atoms with Crippen LogP contribution in [0.15, 0.2) is 6.20 Å². The lowest BCUT2D eigenvalue weighted by Gasteiger charge is -2.23. The van der Waals surface area contributed by atoms with Crippen LogP contribution >= 0.6 is 0 Å². The molecule has 0 spiro atoms. The number of aromatic nitrogens is 2. The van der Waals surface area contributed by atoms with Crippen molar-refractivity contribution in [1.82, 2.24) is 14.9 Å². The van der Waals surface area contributed by atoms with Gasteiger partial charge in [-0.15, -0.1) is 0 Å². The summed E-state index contributed by atoms with van der Waals surface area (Å²) in [5, 5.41) is 0. The maximum Gasteiger partial charge on any atom is 0.410 e. The summed E-state index contributed by atoms with van der Waals surface area (Å²) in [6.45, 7) is 6.68. The summed E-state index contributed by atoms with van der Waals surface area (Å²) in [5.74, 6) is 0.284. The third-order valence-corrected chi connectivity index (χ3v) is 3.69. The van der Waals surface area contributed by atoms with Crippen molar-refractivity contribution in [3.05, 3.63) is 17.5 Å². The Bertz CT molecular complexity index is 655. The monoisotopic (exact) mass is 319 g/mol. The lowest BCUT2D eigenvalue weighted by atomic mass is 10.2. The summed E-state index contributed by atoms with van der Waals surface area (Å²) in [4.78, 5) is 35.8. The molecule has 3 heterocycles. The van der Waals surface area contributed by atoms with E-state index in [9.17, 15) is 9.59 Å². The minimum Gasteiger partial charge on any atom is -0.444 e. The Hall–Kier alpha value is -2.22. The van der Waals surface area contributed by atoms with Crippen LogP contribution in [0.25, 0.3) is 0 Å². The standard InChI is InChI=1S/C15H21N5O3/c1-15(2,3)23-14(22)19-6-9-5-17-13(18-11(9)8-19)20-7-10(16)4-12(20)21/h5,10H,4,6-8,16H2,1-3H3. The maximum absolute atomic E-state index is 12.1. The summed E-state index contributed by atoms with van der Waals surface area (Å²) in [7, 11) is 0. The van der Waals surface area contributed by atoms with Crippen LogP contribution in [0, 0.1) is 0 Å². The van der Waals surface area contributed by atoms with Gasteiger partial charge >= 0.3 is 6.09 Å². The van der Waals surface area contributed by atoms with Gasteiger partial charge in [0.2, 0.25) is 11.9 Å². The fourth-order valence-electron chi connectivity index (χ4n) is 2.66. The van der Waals surface area contributed by atoms with Crippen LogP contribution < -0.4 is 10.6 Å². The highest BCUT2D eigenvalue weighted by molar-refractivity contribution is 5.94. The van der Waals surface area contributed by atoms with Gasteiger partial charge in [0.1, 0.15) is 5.60 Å². The number of ether oxygens (including phenoxy) is 1. The molecule has 2 aliphatic rings. The molecule has 1 aromatic rings. The van der Waals surface area contributed by atoms with Crippen molar-refractivity contribution in [3.63, 3.8) is 0 Å². The number of fused-ring (bicyclic) bond motifs is 1. The van der Waals surface area contributed by atoms with E-state index in [-0.39, 0.29) is 18.0 Å². The molecule has 1 unspecified atom stereocenters. The molecule has 1 saturated heterocycles. The number of rotatable bonds is 1. The van der Waals surface area contributed by atoms with Crippen LogP contribution in [0.3, 0.4) is 0 Å². The number of nitrogens with two attached hydrogens (primary N) is 1. The summed E-state index contributed by atoms with van der Waals surface area (Å²) >= 11 is 0. The van der Waals surface area contributed by atoms with Crippen LogP contribution in [0.5, 0.6) is 0 Å². The molecule has 1 atom stereocenters. The van der Waals surface area contributed by atoms with Crippen molar-refractivity contribution < 1.29 is 14.3 Å². The zero-order valence-corrected chi connectivity index (χ0v) is 13.6. The molecule has 8 nitrogen and oxygen atoms in total. The lowest BCUT2D eigenvalue weighted by molar-refractivity contribution is -0.117. The zero-order valence-electron chi connectivity index (χ0n) is 13.6. The van der Waals surface area contributed by atoms with Crippen LogP contribution in [-0.2, 0) is 22.6 Å². The molecule has 1 fully saturated rings. The predicted octanol–water partition coefficient (Wildman–Crippen LogP) is 0.791. The van der Waals surface area contributed by atoms with E-state index in [4.69, 9.17) is 10.5 Å². The lowest BCUT2D eigenvalue weighted by Crippen LogP contribution is -2.33. The SMILES string of the molecule is CC(C)(C)OC(=O)N1Cc2cnc(N3CC(N)CC3=O)nc2C1. The molecule has 0 radical (unpaired) electrons. The summed E-state index contributed by atoms with van der Waals surface area (Å²) < 4.78 is 5.37. The van der Waals surface area contributed by atoms with E-state index in [1.54, 1.807) is 11.1 Å². The van der Waals surface area contributed by atoms with Crippen LogP contribution in [0.4, 0.5) is 10.7 Å². The molecule has 0 aliphatic carbocycles. The first-order chi connectivity index (χ1) is 10.7. The van der Waals surface area contributed by atoms with Gasteiger partial charge in [0.15, 0.2) is 0 Å². The number of hydrogen-bond donors (Lipinski definition) is 1. The normalized spacial score (nSPS) is 20.9. The third kappa shape index (κ3) is 3.26. The van der Waals surface area contributed by atoms with Crippen molar-refractivity contribution in [3.8, 4) is 0 Å². The molecular weight excluding hydrogens is 298 g/mol. The van der Waals surface area contributed by atoms with Crippen molar-refractivity contribution in [1.29, 1.82) is 0 Å². The second-order valence-electron chi connectivity index (χ2n) is 6.95. The summed E-state index contributed by atoms with van der Waals surface area (Å²) in [6, 6.07) is -0.183. The molecule has 0 aromatic carbocycles. The predicted molar refractivity (Wildman–Crippen MR) is 82.5 cm³/mol. The van der Waals surface area contributed by atoms with Crippen molar-refractivity contribution >= 4 is 17.9 Å². The summed E-state index contributed by atoms with van der Waals surface area (Å²) in [6.07, 6.45) is 1.60. The Kier molecular flexibility index (Phi) is 3.71. The first-order valence-corrected chi connectivity index (χ1v) is 7.61. The molecule has 0 saturated carbocycles. The van der Waals surface area contributed by atoms with Crippen molar-refractivity contribution in [2.75, 3.05) is 11.4 Å². The Morgan fingerprint density at radius 2 is 2.13 bits per heavy atom. The highest BCUT2D eigenvalue weighted by Gasteiger charge is 2.33. The van der Waals surface area contributed by atoms with Gasteiger partial charge in [0, 0.05) is 30.8 Å². The first-order valence-electron chi connectivity index (χ1n) is 7.61. The van der Waals surface area contributed by atoms with Gasteiger partial charge in [0.25, 0.3) is 0 Å². The van der Waals surface area contributed by atoms with Crippen LogP contribution in [0.1, 0.15) is 38.4 Å². The Morgan fingerprint density at radius 1 is 1.39 bits per heavy atom. The van der Waals surface area contributed by atoms with E-state index in [2.05, 4.69) is 9.97 Å². The van der Waals surface area contributed by atoms with Crippen molar-refractivity contribution in [2.45, 2.75) is 51.9 Å². The zero-order chi connectivity index (χ0) is 16.8. The highest BCUT2D eigenvalue weighted by Crippen LogP contribution is 2.25. The minimum atomic E-state index is -0.541. The van der Waals surface area contributed by atoms with E-state index in [1.807, 2.05) is 20.8 Å². The van der Waals surface area contributed by atoms with Gasteiger partial charge in [0.05, 0.1) is 18.8 Å². The second-order valence-corrected chi connectivity index (χ2v) is 6.95. The van der Waals surface area contributed by atoms with Gasteiger partial charge in [-0.2, -0.15) is 0 Å². The Morgan fingerprint density at radius 3 is 2.74 bits per heavy atom. The highest BCUT2D eigenvalue weighted by atomic mass is 16.6. The van der Waals surface area contributed by atoms with E-state index < -0.39 is 5.60 Å². The molecule has 2 N–H and O–H groups in total. The van der Waals surface area contributed by atoms with Gasteiger partial charge in [-0.25, -0.2) is 14.8 Å². The Balaban J connectivity index is 1.74. The molecule has 23 heavy (non-hydrogen) atoms. The quantitative estimate of drug-likeness (QED) is 0.821. The largest absolute Gasteiger partial charge is 0.444 e. The van der Waals surface area contributed by atoms with Gasteiger partial charge in [-0.05, 0) is 20.8 Å². The average Bonchev–Trinajstić information content (AvgIpc) is 2.99. The topological polar surface area (TPSA) is 102 Å². The smallest absolute Gasteiger partial charge is 0.410 e. The Labute approximate surface area is 134 Å². The van der Waals surface area contributed by atoms with Gasteiger partial charge in [-0.1, -0.05) is 0 Å².